The van der Waals surface area contributed by atoms with Gasteiger partial charge in [-0.3, -0.25) is 9.48 Å². The molecule has 20 heavy (non-hydrogen) atoms. The Hall–Kier alpha value is -2.30. The van der Waals surface area contributed by atoms with Crippen LogP contribution in [-0.4, -0.2) is 22.2 Å². The number of rotatable bonds is 5. The van der Waals surface area contributed by atoms with Crippen LogP contribution >= 0.6 is 0 Å². The molecule has 0 unspecified atom stereocenters. The first-order chi connectivity index (χ1) is 9.61. The molecule has 0 aliphatic rings. The fraction of sp³-hybridized carbons (Fsp3) is 0.333. The molecule has 5 nitrogen and oxygen atoms in total. The summed E-state index contributed by atoms with van der Waals surface area (Å²) in [6.45, 7) is 5.27. The minimum atomic E-state index is -0.0475. The van der Waals surface area contributed by atoms with Crippen molar-refractivity contribution in [3.63, 3.8) is 0 Å². The summed E-state index contributed by atoms with van der Waals surface area (Å²) < 4.78 is 1.85. The molecule has 0 fully saturated rings. The third-order valence-electron chi connectivity index (χ3n) is 3.28. The Kier molecular flexibility index (Phi) is 4.40. The molecule has 1 aromatic heterocycles. The number of hydrogen-bond acceptors (Lipinski definition) is 3. The molecule has 0 saturated carbocycles. The van der Waals surface area contributed by atoms with Gasteiger partial charge in [0, 0.05) is 42.6 Å². The van der Waals surface area contributed by atoms with Crippen LogP contribution in [0.4, 0.5) is 5.69 Å². The largest absolute Gasteiger partial charge is 0.381 e. The molecule has 2 aromatic rings. The maximum atomic E-state index is 11.8. The molecule has 106 valence electrons. The molecule has 1 amide bonds. The molecule has 0 atom stereocenters. The lowest BCUT2D eigenvalue weighted by atomic mass is 10.2. The van der Waals surface area contributed by atoms with Gasteiger partial charge < -0.3 is 10.6 Å². The quantitative estimate of drug-likeness (QED) is 0.876. The number of hydrogen-bond donors (Lipinski definition) is 2. The number of carbonyl (C=O) groups excluding carboxylic acids is 1. The number of nitrogens with zero attached hydrogens (tertiary/aromatic N) is 2. The molecule has 0 aliphatic carbocycles. The maximum absolute atomic E-state index is 11.8. The van der Waals surface area contributed by atoms with Crippen molar-refractivity contribution in [2.75, 3.05) is 11.9 Å². The first-order valence-electron chi connectivity index (χ1n) is 6.71. The smallest absolute Gasteiger partial charge is 0.251 e. The van der Waals surface area contributed by atoms with Crippen LogP contribution in [0.25, 0.3) is 0 Å². The monoisotopic (exact) mass is 272 g/mol. The maximum Gasteiger partial charge on any atom is 0.251 e. The summed E-state index contributed by atoms with van der Waals surface area (Å²) >= 11 is 0. The first-order valence-corrected chi connectivity index (χ1v) is 6.71. The van der Waals surface area contributed by atoms with Crippen molar-refractivity contribution in [2.45, 2.75) is 20.4 Å². The van der Waals surface area contributed by atoms with E-state index in [0.29, 0.717) is 18.7 Å². The van der Waals surface area contributed by atoms with Gasteiger partial charge in [0.2, 0.25) is 0 Å². The molecule has 1 aromatic carbocycles. The van der Waals surface area contributed by atoms with Crippen LogP contribution in [0.1, 0.15) is 28.5 Å². The van der Waals surface area contributed by atoms with E-state index in [-0.39, 0.29) is 5.91 Å². The second-order valence-electron chi connectivity index (χ2n) is 4.67. The second-order valence-corrected chi connectivity index (χ2v) is 4.67. The highest BCUT2D eigenvalue weighted by Crippen LogP contribution is 2.13. The number of benzene rings is 1. The summed E-state index contributed by atoms with van der Waals surface area (Å²) in [6.07, 6.45) is 1.86. The molecular weight excluding hydrogens is 252 g/mol. The van der Waals surface area contributed by atoms with Crippen LogP contribution in [0.2, 0.25) is 0 Å². The van der Waals surface area contributed by atoms with Gasteiger partial charge in [-0.15, -0.1) is 0 Å². The van der Waals surface area contributed by atoms with Gasteiger partial charge in [-0.05, 0) is 32.0 Å². The van der Waals surface area contributed by atoms with Crippen molar-refractivity contribution in [3.05, 3.63) is 47.3 Å². The predicted octanol–water partition coefficient (Wildman–Crippen LogP) is 2.09. The summed E-state index contributed by atoms with van der Waals surface area (Å²) in [7, 11) is 1.93. The summed E-state index contributed by atoms with van der Waals surface area (Å²) in [5.74, 6) is -0.0475. The van der Waals surface area contributed by atoms with E-state index in [2.05, 4.69) is 15.7 Å². The molecule has 0 saturated heterocycles. The fourth-order valence-corrected chi connectivity index (χ4v) is 1.95. The molecule has 0 spiro atoms. The Balaban J connectivity index is 2.05. The molecule has 5 heteroatoms. The zero-order valence-electron chi connectivity index (χ0n) is 12.1. The van der Waals surface area contributed by atoms with E-state index in [1.165, 1.54) is 0 Å². The van der Waals surface area contributed by atoms with Crippen molar-refractivity contribution < 1.29 is 4.79 Å². The summed E-state index contributed by atoms with van der Waals surface area (Å²) in [4.78, 5) is 11.8. The number of aryl methyl sites for hydroxylation is 1. The van der Waals surface area contributed by atoms with Gasteiger partial charge in [0.15, 0.2) is 0 Å². The normalized spacial score (nSPS) is 10.3. The lowest BCUT2D eigenvalue weighted by molar-refractivity contribution is 0.0956. The minimum Gasteiger partial charge on any atom is -0.381 e. The van der Waals surface area contributed by atoms with Crippen molar-refractivity contribution in [1.82, 2.24) is 15.1 Å². The standard InChI is InChI=1S/C15H20N4O/c1-4-16-15(20)12-6-5-7-14(8-12)17-9-13-10-18-19(3)11(13)2/h5-8,10,17H,4,9H2,1-3H3,(H,16,20). The first kappa shape index (κ1) is 14.1. The van der Waals surface area contributed by atoms with E-state index in [9.17, 15) is 4.79 Å². The molecular formula is C15H20N4O. The third kappa shape index (κ3) is 3.17. The van der Waals surface area contributed by atoms with Crippen LogP contribution in [0.15, 0.2) is 30.5 Å². The number of anilines is 1. The number of amides is 1. The highest BCUT2D eigenvalue weighted by Gasteiger charge is 2.06. The van der Waals surface area contributed by atoms with Gasteiger partial charge in [0.1, 0.15) is 0 Å². The molecule has 2 rings (SSSR count). The van der Waals surface area contributed by atoms with Crippen LogP contribution in [0.5, 0.6) is 0 Å². The van der Waals surface area contributed by atoms with E-state index in [1.807, 2.05) is 56.0 Å². The second kappa shape index (κ2) is 6.23. The van der Waals surface area contributed by atoms with Gasteiger partial charge in [0.25, 0.3) is 5.91 Å². The Labute approximate surface area is 119 Å². The fourth-order valence-electron chi connectivity index (χ4n) is 1.95. The van der Waals surface area contributed by atoms with Gasteiger partial charge in [0.05, 0.1) is 6.20 Å². The van der Waals surface area contributed by atoms with E-state index < -0.39 is 0 Å². The number of carbonyl (C=O) groups is 1. The lowest BCUT2D eigenvalue weighted by Gasteiger charge is -2.08. The van der Waals surface area contributed by atoms with Gasteiger partial charge in [-0.1, -0.05) is 6.07 Å². The van der Waals surface area contributed by atoms with E-state index in [0.717, 1.165) is 16.9 Å². The van der Waals surface area contributed by atoms with Gasteiger partial charge >= 0.3 is 0 Å². The van der Waals surface area contributed by atoms with Gasteiger partial charge in [-0.25, -0.2) is 0 Å². The average Bonchev–Trinajstić information content (AvgIpc) is 2.77. The highest BCUT2D eigenvalue weighted by molar-refractivity contribution is 5.95. The topological polar surface area (TPSA) is 59.0 Å². The lowest BCUT2D eigenvalue weighted by Crippen LogP contribution is -2.22. The average molecular weight is 272 g/mol. The Bertz CT molecular complexity index is 604. The molecule has 0 bridgehead atoms. The zero-order valence-corrected chi connectivity index (χ0v) is 12.1. The van der Waals surface area contributed by atoms with E-state index in [4.69, 9.17) is 0 Å². The van der Waals surface area contributed by atoms with Crippen LogP contribution in [-0.2, 0) is 13.6 Å². The minimum absolute atomic E-state index is 0.0475. The zero-order chi connectivity index (χ0) is 14.5. The number of nitrogens with one attached hydrogen (secondary N) is 2. The molecule has 0 aliphatic heterocycles. The summed E-state index contributed by atoms with van der Waals surface area (Å²) in [6, 6.07) is 7.50. The van der Waals surface area contributed by atoms with Crippen molar-refractivity contribution >= 4 is 11.6 Å². The van der Waals surface area contributed by atoms with Crippen molar-refractivity contribution in [3.8, 4) is 0 Å². The Morgan fingerprint density at radius 2 is 2.20 bits per heavy atom. The van der Waals surface area contributed by atoms with E-state index in [1.54, 1.807) is 0 Å². The van der Waals surface area contributed by atoms with E-state index >= 15 is 0 Å². The van der Waals surface area contributed by atoms with Crippen molar-refractivity contribution in [1.29, 1.82) is 0 Å². The summed E-state index contributed by atoms with van der Waals surface area (Å²) in [5, 5.41) is 10.3. The summed E-state index contributed by atoms with van der Waals surface area (Å²) in [5.41, 5.74) is 3.88. The predicted molar refractivity (Wildman–Crippen MR) is 79.7 cm³/mol. The van der Waals surface area contributed by atoms with Crippen LogP contribution < -0.4 is 10.6 Å². The third-order valence-corrected chi connectivity index (χ3v) is 3.28. The van der Waals surface area contributed by atoms with Gasteiger partial charge in [-0.2, -0.15) is 5.10 Å². The van der Waals surface area contributed by atoms with Crippen LogP contribution in [0, 0.1) is 6.92 Å². The Morgan fingerprint density at radius 3 is 2.85 bits per heavy atom. The molecule has 2 N–H and O–H groups in total. The highest BCUT2D eigenvalue weighted by atomic mass is 16.1. The van der Waals surface area contributed by atoms with Crippen molar-refractivity contribution in [2.24, 2.45) is 7.05 Å². The molecule has 1 heterocycles. The number of aromatic nitrogens is 2. The van der Waals surface area contributed by atoms with Crippen LogP contribution in [0.3, 0.4) is 0 Å². The Morgan fingerprint density at radius 1 is 1.40 bits per heavy atom. The molecule has 0 radical (unpaired) electrons. The SMILES string of the molecule is CCNC(=O)c1cccc(NCc2cnn(C)c2C)c1.